The maximum atomic E-state index is 12.3. The molecule has 76 valence electrons. The van der Waals surface area contributed by atoms with Crippen molar-refractivity contribution in [3.8, 4) is 0 Å². The first-order valence-electron chi connectivity index (χ1n) is 3.54. The zero-order valence-corrected chi connectivity index (χ0v) is 9.00. The number of hydrogen-bond acceptors (Lipinski definition) is 2. The highest BCUT2D eigenvalue weighted by Crippen LogP contribution is 2.30. The fourth-order valence-electron chi connectivity index (χ4n) is 0.937. The SMILES string of the molecule is NN=Cc1cc(I)cc(C(F)(F)F)c1. The van der Waals surface area contributed by atoms with Gasteiger partial charge in [0.1, 0.15) is 0 Å². The largest absolute Gasteiger partial charge is 0.416 e. The summed E-state index contributed by atoms with van der Waals surface area (Å²) in [6, 6.07) is 3.62. The number of alkyl halides is 3. The number of hydrogen-bond donors (Lipinski definition) is 1. The van der Waals surface area contributed by atoms with Crippen LogP contribution >= 0.6 is 22.6 Å². The Balaban J connectivity index is 3.20. The minimum absolute atomic E-state index is 0.340. The van der Waals surface area contributed by atoms with Gasteiger partial charge in [-0.25, -0.2) is 0 Å². The summed E-state index contributed by atoms with van der Waals surface area (Å²) in [7, 11) is 0. The third kappa shape index (κ3) is 2.86. The maximum absolute atomic E-state index is 12.3. The van der Waals surface area contributed by atoms with Crippen molar-refractivity contribution in [3.63, 3.8) is 0 Å². The summed E-state index contributed by atoms with van der Waals surface area (Å²) in [6.45, 7) is 0. The Morgan fingerprint density at radius 3 is 2.43 bits per heavy atom. The van der Waals surface area contributed by atoms with E-state index in [4.69, 9.17) is 5.84 Å². The number of rotatable bonds is 1. The Morgan fingerprint density at radius 2 is 1.93 bits per heavy atom. The van der Waals surface area contributed by atoms with Gasteiger partial charge in [0, 0.05) is 3.57 Å². The van der Waals surface area contributed by atoms with E-state index in [1.807, 2.05) is 22.6 Å². The Kier molecular flexibility index (Phi) is 3.35. The van der Waals surface area contributed by atoms with Crippen molar-refractivity contribution in [1.29, 1.82) is 0 Å². The second-order valence-corrected chi connectivity index (χ2v) is 3.79. The Morgan fingerprint density at radius 1 is 1.29 bits per heavy atom. The average molecular weight is 314 g/mol. The highest BCUT2D eigenvalue weighted by atomic mass is 127. The monoisotopic (exact) mass is 314 g/mol. The third-order valence-electron chi connectivity index (χ3n) is 1.47. The van der Waals surface area contributed by atoms with Crippen molar-refractivity contribution < 1.29 is 13.2 Å². The molecule has 0 radical (unpaired) electrons. The molecular weight excluding hydrogens is 308 g/mol. The molecule has 0 aliphatic rings. The quantitative estimate of drug-likeness (QED) is 0.368. The third-order valence-corrected chi connectivity index (χ3v) is 2.09. The molecule has 0 aliphatic carbocycles. The summed E-state index contributed by atoms with van der Waals surface area (Å²) in [6.07, 6.45) is -3.16. The van der Waals surface area contributed by atoms with Crippen molar-refractivity contribution in [1.82, 2.24) is 0 Å². The van der Waals surface area contributed by atoms with E-state index in [2.05, 4.69) is 5.10 Å². The topological polar surface area (TPSA) is 38.4 Å². The van der Waals surface area contributed by atoms with Gasteiger partial charge in [-0.05, 0) is 46.4 Å². The lowest BCUT2D eigenvalue weighted by molar-refractivity contribution is -0.137. The van der Waals surface area contributed by atoms with Crippen LogP contribution in [0.4, 0.5) is 13.2 Å². The van der Waals surface area contributed by atoms with E-state index < -0.39 is 11.7 Å². The minimum Gasteiger partial charge on any atom is -0.323 e. The van der Waals surface area contributed by atoms with Gasteiger partial charge in [-0.3, -0.25) is 0 Å². The molecule has 0 unspecified atom stereocenters. The van der Waals surface area contributed by atoms with Crippen LogP contribution in [0, 0.1) is 3.57 Å². The van der Waals surface area contributed by atoms with Gasteiger partial charge in [0.05, 0.1) is 11.8 Å². The highest BCUT2D eigenvalue weighted by molar-refractivity contribution is 14.1. The highest BCUT2D eigenvalue weighted by Gasteiger charge is 2.30. The van der Waals surface area contributed by atoms with E-state index in [1.165, 1.54) is 6.21 Å². The summed E-state index contributed by atoms with van der Waals surface area (Å²) in [4.78, 5) is 0. The molecule has 0 bridgehead atoms. The van der Waals surface area contributed by atoms with Gasteiger partial charge in [0.2, 0.25) is 0 Å². The van der Waals surface area contributed by atoms with Crippen LogP contribution in [0.3, 0.4) is 0 Å². The van der Waals surface area contributed by atoms with Crippen LogP contribution in [0.2, 0.25) is 0 Å². The van der Waals surface area contributed by atoms with E-state index in [1.54, 1.807) is 6.07 Å². The van der Waals surface area contributed by atoms with Crippen molar-refractivity contribution >= 4 is 28.8 Å². The normalized spacial score (nSPS) is 12.3. The molecule has 0 atom stereocenters. The van der Waals surface area contributed by atoms with Gasteiger partial charge in [0.15, 0.2) is 0 Å². The maximum Gasteiger partial charge on any atom is 0.416 e. The predicted octanol–water partition coefficient (Wildman–Crippen LogP) is 2.60. The molecule has 2 N–H and O–H groups in total. The molecule has 0 saturated carbocycles. The molecule has 1 aromatic rings. The Bertz CT molecular complexity index is 360. The zero-order valence-electron chi connectivity index (χ0n) is 6.85. The van der Waals surface area contributed by atoms with Crippen LogP contribution in [0.5, 0.6) is 0 Å². The number of halogens is 4. The molecule has 14 heavy (non-hydrogen) atoms. The first kappa shape index (κ1) is 11.3. The van der Waals surface area contributed by atoms with Gasteiger partial charge < -0.3 is 5.84 Å². The second-order valence-electron chi connectivity index (χ2n) is 2.55. The number of benzene rings is 1. The minimum atomic E-state index is -4.33. The Labute approximate surface area is 92.1 Å². The molecule has 2 nitrogen and oxygen atoms in total. The van der Waals surface area contributed by atoms with Gasteiger partial charge in [-0.1, -0.05) is 0 Å². The van der Waals surface area contributed by atoms with Gasteiger partial charge in [-0.2, -0.15) is 18.3 Å². The summed E-state index contributed by atoms with van der Waals surface area (Å²) < 4.78 is 37.4. The van der Waals surface area contributed by atoms with Gasteiger partial charge >= 0.3 is 6.18 Å². The van der Waals surface area contributed by atoms with E-state index in [0.717, 1.165) is 12.1 Å². The fourth-order valence-corrected chi connectivity index (χ4v) is 1.63. The number of nitrogens with zero attached hydrogens (tertiary/aromatic N) is 1. The van der Waals surface area contributed by atoms with Crippen LogP contribution in [0.15, 0.2) is 23.3 Å². The summed E-state index contributed by atoms with van der Waals surface area (Å²) >= 11 is 1.81. The first-order valence-corrected chi connectivity index (χ1v) is 4.62. The van der Waals surface area contributed by atoms with E-state index in [-0.39, 0.29) is 0 Å². The lowest BCUT2D eigenvalue weighted by Gasteiger charge is -2.07. The summed E-state index contributed by atoms with van der Waals surface area (Å²) in [5.74, 6) is 4.86. The van der Waals surface area contributed by atoms with E-state index >= 15 is 0 Å². The first-order chi connectivity index (χ1) is 6.43. The average Bonchev–Trinajstić information content (AvgIpc) is 2.02. The van der Waals surface area contributed by atoms with Crippen LogP contribution in [-0.2, 0) is 6.18 Å². The summed E-state index contributed by atoms with van der Waals surface area (Å²) in [5, 5.41) is 3.17. The second kappa shape index (κ2) is 4.16. The molecular formula is C8H6F3IN2. The van der Waals surface area contributed by atoms with Crippen LogP contribution in [0.1, 0.15) is 11.1 Å². The molecule has 0 amide bonds. The lowest BCUT2D eigenvalue weighted by Crippen LogP contribution is -2.06. The number of nitrogens with two attached hydrogens (primary N) is 1. The molecule has 1 rings (SSSR count). The van der Waals surface area contributed by atoms with Crippen molar-refractivity contribution in [2.75, 3.05) is 0 Å². The molecule has 0 saturated heterocycles. The van der Waals surface area contributed by atoms with E-state index in [9.17, 15) is 13.2 Å². The van der Waals surface area contributed by atoms with Gasteiger partial charge in [0.25, 0.3) is 0 Å². The Hall–Kier alpha value is -0.790. The van der Waals surface area contributed by atoms with E-state index in [0.29, 0.717) is 9.13 Å². The van der Waals surface area contributed by atoms with Crippen LogP contribution < -0.4 is 5.84 Å². The smallest absolute Gasteiger partial charge is 0.323 e. The predicted molar refractivity (Wildman–Crippen MR) is 55.9 cm³/mol. The lowest BCUT2D eigenvalue weighted by atomic mass is 10.1. The van der Waals surface area contributed by atoms with Gasteiger partial charge in [-0.15, -0.1) is 0 Å². The molecule has 1 aromatic carbocycles. The zero-order chi connectivity index (χ0) is 10.8. The molecule has 0 aromatic heterocycles. The standard InChI is InChI=1S/C8H6F3IN2/c9-8(10,11)6-1-5(4-14-13)2-7(12)3-6/h1-4H,13H2. The molecule has 0 heterocycles. The summed E-state index contributed by atoms with van der Waals surface area (Å²) in [5.41, 5.74) is -0.356. The number of hydrazone groups is 1. The molecule has 0 spiro atoms. The molecule has 6 heteroatoms. The van der Waals surface area contributed by atoms with Crippen molar-refractivity contribution in [2.45, 2.75) is 6.18 Å². The fraction of sp³-hybridized carbons (Fsp3) is 0.125. The van der Waals surface area contributed by atoms with Crippen LogP contribution in [-0.4, -0.2) is 6.21 Å². The van der Waals surface area contributed by atoms with Crippen molar-refractivity contribution in [2.24, 2.45) is 10.9 Å². The molecule has 0 aliphatic heterocycles. The van der Waals surface area contributed by atoms with Crippen molar-refractivity contribution in [3.05, 3.63) is 32.9 Å². The molecule has 0 fully saturated rings. The van der Waals surface area contributed by atoms with Crippen LogP contribution in [0.25, 0.3) is 0 Å².